The number of nitrogens with one attached hydrogen (secondary N) is 8. The molecule has 5 heterocycles. The van der Waals surface area contributed by atoms with Gasteiger partial charge >= 0.3 is 17.9 Å². The quantitative estimate of drug-likeness (QED) is 0.196. The average Bonchev–Trinajstić information content (AvgIpc) is 3.83. The van der Waals surface area contributed by atoms with Crippen LogP contribution in [0.4, 0.5) is 0 Å². The Morgan fingerprint density at radius 2 is 0.653 bits per heavy atom. The standard InChI is InChI=1S/C35H56N8O6/c44-33(45)21-13-20-22(24(35(48)49)23(21)34(46)47)32-42-30-19-12-6-5-11-18(19)28(40-30)38-26-15-8-2-1-7-14(15)25(36-26)37-27-16-9-3-4-10-17(16)29(39-27)41-31(20)43-32/h14-32,36-43H,1-13H2,(H,44,45)(H,46,47)(H,48,49). The van der Waals surface area contributed by atoms with E-state index in [-0.39, 0.29) is 55.5 Å². The molecule has 19 unspecified atom stereocenters. The highest BCUT2D eigenvalue weighted by molar-refractivity contribution is 5.86. The Bertz CT molecular complexity index is 1310. The van der Waals surface area contributed by atoms with Gasteiger partial charge in [-0.15, -0.1) is 0 Å². The van der Waals surface area contributed by atoms with Crippen molar-refractivity contribution in [2.75, 3.05) is 0 Å². The highest BCUT2D eigenvalue weighted by Crippen LogP contribution is 2.50. The first-order valence-electron chi connectivity index (χ1n) is 19.5. The summed E-state index contributed by atoms with van der Waals surface area (Å²) in [5.41, 5.74) is 0. The van der Waals surface area contributed by atoms with Gasteiger partial charge in [0.2, 0.25) is 0 Å². The zero-order valence-electron chi connectivity index (χ0n) is 28.2. The largest absolute Gasteiger partial charge is 0.481 e. The van der Waals surface area contributed by atoms with Gasteiger partial charge in [0.25, 0.3) is 0 Å². The van der Waals surface area contributed by atoms with Crippen LogP contribution < -0.4 is 42.5 Å². The molecule has 9 rings (SSSR count). The average molecular weight is 685 g/mol. The molecule has 11 N–H and O–H groups in total. The molecule has 14 nitrogen and oxygen atoms in total. The molecule has 9 fully saturated rings. The molecular formula is C35H56N8O6. The van der Waals surface area contributed by atoms with Crippen LogP contribution in [0.1, 0.15) is 83.5 Å². The number of rotatable bonds is 3. The van der Waals surface area contributed by atoms with Crippen LogP contribution in [0, 0.1) is 65.1 Å². The lowest BCUT2D eigenvalue weighted by Crippen LogP contribution is -2.62. The third kappa shape index (κ3) is 5.55. The number of hydrogen-bond donors (Lipinski definition) is 11. The Morgan fingerprint density at radius 1 is 0.367 bits per heavy atom. The predicted molar refractivity (Wildman–Crippen MR) is 177 cm³/mol. The molecule has 14 heteroatoms. The Balaban J connectivity index is 1.10. The van der Waals surface area contributed by atoms with Gasteiger partial charge in [-0.05, 0) is 86.4 Å². The van der Waals surface area contributed by atoms with Gasteiger partial charge in [-0.1, -0.05) is 38.5 Å². The molecule has 5 saturated heterocycles. The topological polar surface area (TPSA) is 208 Å². The van der Waals surface area contributed by atoms with Gasteiger partial charge in [-0.2, -0.15) is 0 Å². The monoisotopic (exact) mass is 684 g/mol. The minimum Gasteiger partial charge on any atom is -0.481 e. The van der Waals surface area contributed by atoms with Gasteiger partial charge in [0, 0.05) is 5.92 Å². The first-order chi connectivity index (χ1) is 23.8. The van der Waals surface area contributed by atoms with Gasteiger partial charge < -0.3 is 15.3 Å². The summed E-state index contributed by atoms with van der Waals surface area (Å²) >= 11 is 0. The van der Waals surface area contributed by atoms with Crippen LogP contribution in [0.2, 0.25) is 0 Å². The van der Waals surface area contributed by atoms with Crippen LogP contribution in [0.5, 0.6) is 0 Å². The molecule has 4 aliphatic carbocycles. The Morgan fingerprint density at radius 3 is 0.939 bits per heavy atom. The smallest absolute Gasteiger partial charge is 0.308 e. The lowest BCUT2D eigenvalue weighted by atomic mass is 9.61. The van der Waals surface area contributed by atoms with Crippen molar-refractivity contribution in [3.63, 3.8) is 0 Å². The van der Waals surface area contributed by atoms with E-state index in [4.69, 9.17) is 0 Å². The lowest BCUT2D eigenvalue weighted by Gasteiger charge is -2.43. The minimum absolute atomic E-state index is 0.0365. The molecule has 0 radical (unpaired) electrons. The summed E-state index contributed by atoms with van der Waals surface area (Å²) in [5, 5.41) is 62.8. The summed E-state index contributed by atoms with van der Waals surface area (Å²) in [4.78, 5) is 38.3. The predicted octanol–water partition coefficient (Wildman–Crippen LogP) is 0.538. The van der Waals surface area contributed by atoms with E-state index in [1.165, 1.54) is 44.9 Å². The van der Waals surface area contributed by atoms with Crippen LogP contribution in [0.15, 0.2) is 0 Å². The summed E-state index contributed by atoms with van der Waals surface area (Å²) in [6.45, 7) is 0. The van der Waals surface area contributed by atoms with Crippen molar-refractivity contribution in [2.24, 2.45) is 65.1 Å². The molecule has 272 valence electrons. The molecule has 0 aromatic rings. The number of carboxylic acids is 3. The number of aliphatic carboxylic acids is 3. The van der Waals surface area contributed by atoms with Crippen molar-refractivity contribution in [3.05, 3.63) is 0 Å². The SMILES string of the molecule is O=C(O)C1CC2C3NC4NC(NC5NC(NC6NC(NC(N3)C2C(C(=O)O)C1C(=O)O)C1CCCCC61)C1CCCCC51)C1CCCCC41. The second-order valence-electron chi connectivity index (χ2n) is 17.1. The van der Waals surface area contributed by atoms with Crippen molar-refractivity contribution in [1.29, 1.82) is 0 Å². The fourth-order valence-electron chi connectivity index (χ4n) is 13.0. The summed E-state index contributed by atoms with van der Waals surface area (Å²) in [6, 6.07) is 0. The van der Waals surface area contributed by atoms with Crippen molar-refractivity contribution in [3.8, 4) is 0 Å². The Kier molecular flexibility index (Phi) is 8.71. The third-order valence-corrected chi connectivity index (χ3v) is 15.0. The summed E-state index contributed by atoms with van der Waals surface area (Å²) in [7, 11) is 0. The van der Waals surface area contributed by atoms with E-state index in [1.807, 2.05) is 0 Å². The van der Waals surface area contributed by atoms with E-state index in [0.717, 1.165) is 32.1 Å². The molecule has 0 aromatic carbocycles. The van der Waals surface area contributed by atoms with Gasteiger partial charge in [0.1, 0.15) is 0 Å². The van der Waals surface area contributed by atoms with Gasteiger partial charge in [0.15, 0.2) is 0 Å². The fourth-order valence-corrected chi connectivity index (χ4v) is 13.0. The molecule has 4 saturated carbocycles. The third-order valence-electron chi connectivity index (χ3n) is 15.0. The molecule has 8 bridgehead atoms. The first kappa shape index (κ1) is 33.0. The molecular weight excluding hydrogens is 628 g/mol. The summed E-state index contributed by atoms with van der Waals surface area (Å²) < 4.78 is 0. The fraction of sp³-hybridized carbons (Fsp3) is 0.914. The zero-order chi connectivity index (χ0) is 33.6. The molecule has 0 amide bonds. The number of carbonyl (C=O) groups is 3. The highest BCUT2D eigenvalue weighted by Gasteiger charge is 2.62. The van der Waals surface area contributed by atoms with Gasteiger partial charge in [-0.3, -0.25) is 56.9 Å². The normalized spacial score (nSPS) is 53.5. The maximum atomic E-state index is 13.1. The Hall–Kier alpha value is -1.91. The van der Waals surface area contributed by atoms with Crippen LogP contribution >= 0.6 is 0 Å². The van der Waals surface area contributed by atoms with Gasteiger partial charge in [0.05, 0.1) is 67.1 Å². The van der Waals surface area contributed by atoms with Crippen LogP contribution in [-0.4, -0.2) is 82.6 Å². The number of hydrogen-bond acceptors (Lipinski definition) is 11. The van der Waals surface area contributed by atoms with Crippen LogP contribution in [0.3, 0.4) is 0 Å². The van der Waals surface area contributed by atoms with E-state index in [1.54, 1.807) is 0 Å². The second-order valence-corrected chi connectivity index (χ2v) is 17.1. The maximum Gasteiger partial charge on any atom is 0.308 e. The minimum atomic E-state index is -1.51. The zero-order valence-corrected chi connectivity index (χ0v) is 28.2. The Labute approximate surface area is 287 Å². The maximum absolute atomic E-state index is 13.1. The number of fused-ring (bicyclic) bond motifs is 20. The molecule has 9 aliphatic rings. The highest BCUT2D eigenvalue weighted by atomic mass is 16.4. The van der Waals surface area contributed by atoms with Crippen LogP contribution in [-0.2, 0) is 14.4 Å². The van der Waals surface area contributed by atoms with E-state index in [9.17, 15) is 29.7 Å². The van der Waals surface area contributed by atoms with E-state index in [0.29, 0.717) is 35.5 Å². The summed E-state index contributed by atoms with van der Waals surface area (Å²) in [6.07, 6.45) is 13.9. The molecule has 19 atom stereocenters. The lowest BCUT2D eigenvalue weighted by molar-refractivity contribution is -0.170. The van der Waals surface area contributed by atoms with E-state index in [2.05, 4.69) is 42.5 Å². The molecule has 0 aromatic heterocycles. The summed E-state index contributed by atoms with van der Waals surface area (Å²) in [5.74, 6) is -6.18. The van der Waals surface area contributed by atoms with Gasteiger partial charge in [-0.25, -0.2) is 0 Å². The van der Waals surface area contributed by atoms with Crippen molar-refractivity contribution < 1.29 is 29.7 Å². The molecule has 0 spiro atoms. The number of carboxylic acid groups (broad SMARTS) is 3. The van der Waals surface area contributed by atoms with Crippen molar-refractivity contribution in [2.45, 2.75) is 133 Å². The first-order valence-corrected chi connectivity index (χ1v) is 19.5. The van der Waals surface area contributed by atoms with Crippen LogP contribution in [0.25, 0.3) is 0 Å². The van der Waals surface area contributed by atoms with E-state index >= 15 is 0 Å². The van der Waals surface area contributed by atoms with Crippen molar-refractivity contribution >= 4 is 17.9 Å². The molecule has 49 heavy (non-hydrogen) atoms. The van der Waals surface area contributed by atoms with Crippen molar-refractivity contribution in [1.82, 2.24) is 42.5 Å². The second kappa shape index (κ2) is 12.9. The molecule has 5 aliphatic heterocycles. The van der Waals surface area contributed by atoms with E-state index < -0.39 is 47.7 Å².